The first-order valence-electron chi connectivity index (χ1n) is 8.66. The van der Waals surface area contributed by atoms with Crippen molar-refractivity contribution in [3.8, 4) is 11.5 Å². The number of likely N-dealkylation sites (N-methyl/N-ethyl adjacent to an activating group) is 1. The number of benzene rings is 2. The molecule has 1 aliphatic rings. The van der Waals surface area contributed by atoms with Crippen LogP contribution in [-0.4, -0.2) is 44.9 Å². The lowest BCUT2D eigenvalue weighted by Crippen LogP contribution is -2.37. The van der Waals surface area contributed by atoms with Gasteiger partial charge in [0.15, 0.2) is 11.5 Å². The monoisotopic (exact) mass is 390 g/mol. The third kappa shape index (κ3) is 4.40. The molecule has 0 fully saturated rings. The highest BCUT2D eigenvalue weighted by atomic mass is 32.2. The minimum atomic E-state index is -3.75. The molecule has 0 saturated heterocycles. The number of ether oxygens (including phenoxy) is 2. The predicted octanol–water partition coefficient (Wildman–Crippen LogP) is 2.42. The van der Waals surface area contributed by atoms with Gasteiger partial charge >= 0.3 is 0 Å². The highest BCUT2D eigenvalue weighted by Gasteiger charge is 2.25. The number of aryl methyl sites for hydroxylation is 1. The quantitative estimate of drug-likeness (QED) is 0.819. The number of carbonyl (C=O) groups is 1. The molecule has 3 rings (SSSR count). The topological polar surface area (TPSA) is 84.9 Å². The van der Waals surface area contributed by atoms with E-state index in [-0.39, 0.29) is 18.0 Å². The summed E-state index contributed by atoms with van der Waals surface area (Å²) in [5.74, 6) is 0.750. The zero-order valence-electron chi connectivity index (χ0n) is 15.3. The molecule has 1 aliphatic heterocycles. The van der Waals surface area contributed by atoms with Crippen LogP contribution in [0.15, 0.2) is 47.4 Å². The maximum absolute atomic E-state index is 12.8. The molecule has 0 saturated carbocycles. The molecular formula is C19H22N2O5S. The molecule has 0 unspecified atom stereocenters. The van der Waals surface area contributed by atoms with Crippen LogP contribution >= 0.6 is 0 Å². The van der Waals surface area contributed by atoms with Gasteiger partial charge in [-0.1, -0.05) is 19.1 Å². The number of hydrogen-bond acceptors (Lipinski definition) is 5. The Kier molecular flexibility index (Phi) is 5.67. The Morgan fingerprint density at radius 2 is 1.85 bits per heavy atom. The van der Waals surface area contributed by atoms with Crippen LogP contribution in [-0.2, 0) is 14.8 Å². The van der Waals surface area contributed by atoms with E-state index < -0.39 is 15.9 Å². The number of hydrogen-bond donors (Lipinski definition) is 1. The van der Waals surface area contributed by atoms with Crippen molar-refractivity contribution < 1.29 is 22.7 Å². The lowest BCUT2D eigenvalue weighted by atomic mass is 10.2. The molecule has 8 heteroatoms. The molecule has 0 aliphatic carbocycles. The van der Waals surface area contributed by atoms with E-state index in [9.17, 15) is 13.2 Å². The first-order valence-corrected chi connectivity index (χ1v) is 10.1. The third-order valence-electron chi connectivity index (χ3n) is 4.13. The van der Waals surface area contributed by atoms with Crippen LogP contribution in [0.3, 0.4) is 0 Å². The Hall–Kier alpha value is -2.58. The number of rotatable bonds is 6. The van der Waals surface area contributed by atoms with E-state index in [0.29, 0.717) is 30.4 Å². The Balaban J connectivity index is 1.72. The van der Waals surface area contributed by atoms with Gasteiger partial charge in [-0.15, -0.1) is 0 Å². The minimum Gasteiger partial charge on any atom is -0.486 e. The van der Waals surface area contributed by atoms with E-state index in [1.54, 1.807) is 37.3 Å². The largest absolute Gasteiger partial charge is 0.486 e. The van der Waals surface area contributed by atoms with Gasteiger partial charge in [-0.05, 0) is 36.8 Å². The Morgan fingerprint density at radius 3 is 2.56 bits per heavy atom. The molecule has 0 atom stereocenters. The van der Waals surface area contributed by atoms with Crippen LogP contribution in [0.25, 0.3) is 0 Å². The summed E-state index contributed by atoms with van der Waals surface area (Å²) in [6, 6.07) is 11.7. The lowest BCUT2D eigenvalue weighted by molar-refractivity contribution is -0.116. The van der Waals surface area contributed by atoms with Crippen molar-refractivity contribution in [2.75, 3.05) is 31.6 Å². The molecule has 1 heterocycles. The maximum Gasteiger partial charge on any atom is 0.243 e. The second-order valence-electron chi connectivity index (χ2n) is 6.15. The van der Waals surface area contributed by atoms with Gasteiger partial charge in [0.25, 0.3) is 0 Å². The summed E-state index contributed by atoms with van der Waals surface area (Å²) in [5.41, 5.74) is 1.36. The number of anilines is 1. The van der Waals surface area contributed by atoms with Gasteiger partial charge in [0.2, 0.25) is 15.9 Å². The molecule has 2 aromatic rings. The van der Waals surface area contributed by atoms with Gasteiger partial charge in [0.1, 0.15) is 13.2 Å². The van der Waals surface area contributed by atoms with Crippen molar-refractivity contribution >= 4 is 21.6 Å². The summed E-state index contributed by atoms with van der Waals surface area (Å²) in [7, 11) is -3.75. The molecule has 7 nitrogen and oxygen atoms in total. The molecule has 0 radical (unpaired) electrons. The van der Waals surface area contributed by atoms with Crippen molar-refractivity contribution in [1.29, 1.82) is 0 Å². The average Bonchev–Trinajstić information content (AvgIpc) is 2.66. The molecule has 1 amide bonds. The van der Waals surface area contributed by atoms with Crippen molar-refractivity contribution in [3.63, 3.8) is 0 Å². The summed E-state index contributed by atoms with van der Waals surface area (Å²) < 4.78 is 37.7. The van der Waals surface area contributed by atoms with Crippen LogP contribution in [0.4, 0.5) is 5.69 Å². The molecule has 1 N–H and O–H groups in total. The predicted molar refractivity (Wildman–Crippen MR) is 102 cm³/mol. The van der Waals surface area contributed by atoms with E-state index in [0.717, 1.165) is 9.87 Å². The first kappa shape index (κ1) is 19.2. The van der Waals surface area contributed by atoms with Crippen molar-refractivity contribution in [3.05, 3.63) is 48.0 Å². The van der Waals surface area contributed by atoms with Gasteiger partial charge in [-0.3, -0.25) is 4.79 Å². The number of nitrogens with one attached hydrogen (secondary N) is 1. The normalized spacial score (nSPS) is 13.4. The van der Waals surface area contributed by atoms with Crippen LogP contribution in [0.1, 0.15) is 12.5 Å². The second kappa shape index (κ2) is 7.98. The third-order valence-corrected chi connectivity index (χ3v) is 6.04. The number of sulfonamides is 1. The van der Waals surface area contributed by atoms with E-state index >= 15 is 0 Å². The minimum absolute atomic E-state index is 0.177. The van der Waals surface area contributed by atoms with Gasteiger partial charge in [-0.25, -0.2) is 8.42 Å². The molecule has 2 aromatic carbocycles. The Morgan fingerprint density at radius 1 is 1.11 bits per heavy atom. The molecule has 144 valence electrons. The van der Waals surface area contributed by atoms with Crippen molar-refractivity contribution in [2.24, 2.45) is 0 Å². The van der Waals surface area contributed by atoms with Crippen molar-refractivity contribution in [1.82, 2.24) is 4.31 Å². The van der Waals surface area contributed by atoms with Crippen LogP contribution < -0.4 is 14.8 Å². The SMILES string of the molecule is CCN(CC(=O)Nc1ccc2c(c1)OCCO2)S(=O)(=O)c1cccc(C)c1. The van der Waals surface area contributed by atoms with E-state index in [2.05, 4.69) is 5.32 Å². The molecule has 0 aromatic heterocycles. The van der Waals surface area contributed by atoms with Crippen LogP contribution in [0, 0.1) is 6.92 Å². The number of fused-ring (bicyclic) bond motifs is 1. The number of amides is 1. The van der Waals surface area contributed by atoms with Crippen LogP contribution in [0.5, 0.6) is 11.5 Å². The van der Waals surface area contributed by atoms with Crippen LogP contribution in [0.2, 0.25) is 0 Å². The fraction of sp³-hybridized carbons (Fsp3) is 0.316. The second-order valence-corrected chi connectivity index (χ2v) is 8.09. The smallest absolute Gasteiger partial charge is 0.243 e. The summed E-state index contributed by atoms with van der Waals surface area (Å²) in [6.45, 7) is 4.37. The summed E-state index contributed by atoms with van der Waals surface area (Å²) >= 11 is 0. The van der Waals surface area contributed by atoms with E-state index in [1.165, 1.54) is 6.07 Å². The zero-order chi connectivity index (χ0) is 19.4. The van der Waals surface area contributed by atoms with Gasteiger partial charge in [0, 0.05) is 18.3 Å². The number of carbonyl (C=O) groups excluding carboxylic acids is 1. The molecular weight excluding hydrogens is 368 g/mol. The van der Waals surface area contributed by atoms with Gasteiger partial charge in [0.05, 0.1) is 11.4 Å². The summed E-state index contributed by atoms with van der Waals surface area (Å²) in [4.78, 5) is 12.6. The zero-order valence-corrected chi connectivity index (χ0v) is 16.1. The van der Waals surface area contributed by atoms with Gasteiger partial charge < -0.3 is 14.8 Å². The molecule has 27 heavy (non-hydrogen) atoms. The first-order chi connectivity index (χ1) is 12.9. The number of nitrogens with zero attached hydrogens (tertiary/aromatic N) is 1. The van der Waals surface area contributed by atoms with Crippen molar-refractivity contribution in [2.45, 2.75) is 18.7 Å². The van der Waals surface area contributed by atoms with Gasteiger partial charge in [-0.2, -0.15) is 4.31 Å². The fourth-order valence-corrected chi connectivity index (χ4v) is 4.28. The van der Waals surface area contributed by atoms with E-state index in [4.69, 9.17) is 9.47 Å². The molecule has 0 bridgehead atoms. The standard InChI is InChI=1S/C19H22N2O5S/c1-3-21(27(23,24)16-6-4-5-14(2)11-16)13-19(22)20-15-7-8-17-18(12-15)26-10-9-25-17/h4-8,11-12H,3,9-10,13H2,1-2H3,(H,20,22). The Labute approximate surface area is 158 Å². The average molecular weight is 390 g/mol. The maximum atomic E-state index is 12.8. The highest BCUT2D eigenvalue weighted by Crippen LogP contribution is 2.32. The van der Waals surface area contributed by atoms with E-state index in [1.807, 2.05) is 13.0 Å². The summed E-state index contributed by atoms with van der Waals surface area (Å²) in [5, 5.41) is 2.71. The molecule has 0 spiro atoms. The highest BCUT2D eigenvalue weighted by molar-refractivity contribution is 7.89. The summed E-state index contributed by atoms with van der Waals surface area (Å²) in [6.07, 6.45) is 0. The Bertz CT molecular complexity index is 943. The lowest BCUT2D eigenvalue weighted by Gasteiger charge is -2.21. The fourth-order valence-electron chi connectivity index (χ4n) is 2.77.